The summed E-state index contributed by atoms with van der Waals surface area (Å²) in [4.78, 5) is 0. The Labute approximate surface area is 45.4 Å². The maximum atomic E-state index is 11.0. The first-order valence-corrected chi connectivity index (χ1v) is 1.32. The minimum absolute atomic E-state index is 0. The molecule has 7 heavy (non-hydrogen) atoms. The number of hydrogen-bond acceptors (Lipinski definition) is 0. The van der Waals surface area contributed by atoms with Gasteiger partial charge in [-0.25, -0.2) is 4.39 Å². The maximum Gasteiger partial charge on any atom is 0.301 e. The van der Waals surface area contributed by atoms with Crippen LogP contribution in [0.3, 0.4) is 0 Å². The van der Waals surface area contributed by atoms with Crippen LogP contribution >= 0.6 is 12.4 Å². The van der Waals surface area contributed by atoms with Gasteiger partial charge in [0.1, 0.15) is 0 Å². The average molecular weight is 133 g/mol. The van der Waals surface area contributed by atoms with E-state index in [0.717, 1.165) is 0 Å². The zero-order valence-electron chi connectivity index (χ0n) is 3.54. The molecule has 0 N–H and O–H groups in total. The van der Waals surface area contributed by atoms with E-state index in [1.54, 1.807) is 0 Å². The van der Waals surface area contributed by atoms with Crippen molar-refractivity contribution in [1.82, 2.24) is 0 Å². The highest BCUT2D eigenvalue weighted by Gasteiger charge is 1.92. The molecule has 0 aromatic carbocycles. The summed E-state index contributed by atoms with van der Waals surface area (Å²) < 4.78 is 32.3. The van der Waals surface area contributed by atoms with E-state index in [0.29, 0.717) is 6.92 Å². The van der Waals surface area contributed by atoms with Crippen LogP contribution in [0.1, 0.15) is 6.92 Å². The van der Waals surface area contributed by atoms with Crippen molar-refractivity contribution in [1.29, 1.82) is 0 Å². The van der Waals surface area contributed by atoms with E-state index in [-0.39, 0.29) is 12.4 Å². The number of allylic oxidation sites excluding steroid dienone is 1. The zero-order valence-corrected chi connectivity index (χ0v) is 4.36. The van der Waals surface area contributed by atoms with Crippen LogP contribution in [0, 0.1) is 0 Å². The molecule has 0 radical (unpaired) electrons. The lowest BCUT2D eigenvalue weighted by Gasteiger charge is -1.73. The first-order valence-electron chi connectivity index (χ1n) is 1.32. The van der Waals surface area contributed by atoms with Gasteiger partial charge in [0.25, 0.3) is 0 Å². The fourth-order valence-electron chi connectivity index (χ4n) is 0. The smallest absolute Gasteiger partial charge is 0.206 e. The van der Waals surface area contributed by atoms with Crippen molar-refractivity contribution in [3.8, 4) is 0 Å². The van der Waals surface area contributed by atoms with E-state index >= 15 is 0 Å². The van der Waals surface area contributed by atoms with Gasteiger partial charge in [-0.1, -0.05) is 0 Å². The lowest BCUT2D eigenvalue weighted by molar-refractivity contribution is 0.380. The van der Waals surface area contributed by atoms with Crippen molar-refractivity contribution in [3.05, 3.63) is 11.9 Å². The third-order valence-corrected chi connectivity index (χ3v) is 0.260. The van der Waals surface area contributed by atoms with Crippen LogP contribution in [-0.2, 0) is 0 Å². The van der Waals surface area contributed by atoms with Crippen LogP contribution in [-0.4, -0.2) is 0 Å². The van der Waals surface area contributed by atoms with Gasteiger partial charge in [-0.15, -0.1) is 12.4 Å². The molecular weight excluding hydrogens is 128 g/mol. The Kier molecular flexibility index (Phi) is 5.67. The van der Waals surface area contributed by atoms with Crippen LogP contribution < -0.4 is 0 Å². The van der Waals surface area contributed by atoms with Crippen molar-refractivity contribution < 1.29 is 13.2 Å². The van der Waals surface area contributed by atoms with E-state index in [1.165, 1.54) is 0 Å². The molecule has 0 spiro atoms. The van der Waals surface area contributed by atoms with Gasteiger partial charge in [0.15, 0.2) is 5.83 Å². The Hall–Kier alpha value is -0.180. The fourth-order valence-corrected chi connectivity index (χ4v) is 0. The second kappa shape index (κ2) is 3.99. The van der Waals surface area contributed by atoms with Crippen molar-refractivity contribution in [2.75, 3.05) is 0 Å². The SMILES string of the molecule is CC(F)=C(F)F.Cl. The molecule has 4 heteroatoms. The van der Waals surface area contributed by atoms with Crippen molar-refractivity contribution in [2.45, 2.75) is 6.92 Å². The van der Waals surface area contributed by atoms with Crippen molar-refractivity contribution in [3.63, 3.8) is 0 Å². The summed E-state index contributed by atoms with van der Waals surface area (Å²) in [5.41, 5.74) is 0. The van der Waals surface area contributed by atoms with E-state index in [2.05, 4.69) is 0 Å². The Morgan fingerprint density at radius 1 is 1.14 bits per heavy atom. The molecule has 0 bridgehead atoms. The second-order valence-electron chi connectivity index (χ2n) is 0.794. The van der Waals surface area contributed by atoms with Crippen LogP contribution in [0.25, 0.3) is 0 Å². The molecule has 0 rings (SSSR count). The normalized spacial score (nSPS) is 6.86. The Bertz CT molecular complexity index is 60.2. The van der Waals surface area contributed by atoms with Gasteiger partial charge in [0.2, 0.25) is 0 Å². The second-order valence-corrected chi connectivity index (χ2v) is 0.794. The van der Waals surface area contributed by atoms with Crippen LogP contribution in [0.5, 0.6) is 0 Å². The quantitative estimate of drug-likeness (QED) is 0.475. The summed E-state index contributed by atoms with van der Waals surface area (Å²) in [7, 11) is 0. The minimum atomic E-state index is -2.24. The van der Waals surface area contributed by atoms with Gasteiger partial charge in [0, 0.05) is 0 Å². The van der Waals surface area contributed by atoms with E-state index in [1.807, 2.05) is 0 Å². The largest absolute Gasteiger partial charge is 0.301 e. The molecule has 0 saturated heterocycles. The van der Waals surface area contributed by atoms with Crippen LogP contribution in [0.2, 0.25) is 0 Å². The maximum absolute atomic E-state index is 11.0. The van der Waals surface area contributed by atoms with Gasteiger partial charge >= 0.3 is 6.08 Å². The van der Waals surface area contributed by atoms with Crippen LogP contribution in [0.4, 0.5) is 13.2 Å². The van der Waals surface area contributed by atoms with Gasteiger partial charge in [-0.3, -0.25) is 0 Å². The molecule has 0 saturated carbocycles. The highest BCUT2D eigenvalue weighted by atomic mass is 35.5. The third kappa shape index (κ3) is 5.82. The molecule has 0 aromatic heterocycles. The number of hydrogen-bond donors (Lipinski definition) is 0. The molecule has 0 atom stereocenters. The average Bonchev–Trinajstić information content (AvgIpc) is 1.36. The molecule has 0 aliphatic heterocycles. The van der Waals surface area contributed by atoms with Crippen LogP contribution in [0.15, 0.2) is 11.9 Å². The Balaban J connectivity index is 0. The molecule has 44 valence electrons. The summed E-state index contributed by atoms with van der Waals surface area (Å²) in [5.74, 6) is -1.41. The molecule has 0 aliphatic carbocycles. The van der Waals surface area contributed by atoms with Gasteiger partial charge in [-0.05, 0) is 6.92 Å². The lowest BCUT2D eigenvalue weighted by Crippen LogP contribution is -1.59. The third-order valence-electron chi connectivity index (χ3n) is 0.260. The Morgan fingerprint density at radius 3 is 1.29 bits per heavy atom. The van der Waals surface area contributed by atoms with E-state index < -0.39 is 11.9 Å². The highest BCUT2D eigenvalue weighted by molar-refractivity contribution is 5.85. The first kappa shape index (κ1) is 9.94. The minimum Gasteiger partial charge on any atom is -0.206 e. The Morgan fingerprint density at radius 2 is 1.29 bits per heavy atom. The molecule has 0 aliphatic rings. The van der Waals surface area contributed by atoms with Gasteiger partial charge in [0.05, 0.1) is 0 Å². The summed E-state index contributed by atoms with van der Waals surface area (Å²) >= 11 is 0. The van der Waals surface area contributed by atoms with Gasteiger partial charge < -0.3 is 0 Å². The highest BCUT2D eigenvalue weighted by Crippen LogP contribution is 2.05. The predicted molar refractivity (Wildman–Crippen MR) is 23.3 cm³/mol. The molecule has 0 amide bonds. The van der Waals surface area contributed by atoms with E-state index in [4.69, 9.17) is 0 Å². The predicted octanol–water partition coefficient (Wildman–Crippen LogP) is 2.51. The molecule has 0 aromatic rings. The first-order chi connectivity index (χ1) is 2.64. The van der Waals surface area contributed by atoms with Crippen molar-refractivity contribution >= 4 is 12.4 Å². The zero-order chi connectivity index (χ0) is 5.15. The molecule has 0 nitrogen and oxygen atoms in total. The summed E-state index contributed by atoms with van der Waals surface area (Å²) in [5, 5.41) is 0. The monoisotopic (exact) mass is 132 g/mol. The molecule has 0 fully saturated rings. The lowest BCUT2D eigenvalue weighted by atomic mass is 10.7. The van der Waals surface area contributed by atoms with E-state index in [9.17, 15) is 13.2 Å². The summed E-state index contributed by atoms with van der Waals surface area (Å²) in [6, 6.07) is 0. The molecule has 0 heterocycles. The fraction of sp³-hybridized carbons (Fsp3) is 0.333. The standard InChI is InChI=1S/C3H3F3.ClH/c1-2(4)3(5)6;/h1H3;1H. The summed E-state index contributed by atoms with van der Waals surface area (Å²) in [6.07, 6.45) is -2.24. The number of halogens is 4. The van der Waals surface area contributed by atoms with Crippen molar-refractivity contribution in [2.24, 2.45) is 0 Å². The molecular formula is C3H4ClF3. The molecule has 0 unspecified atom stereocenters. The van der Waals surface area contributed by atoms with Gasteiger partial charge in [-0.2, -0.15) is 8.78 Å². The summed E-state index contributed by atoms with van der Waals surface area (Å²) in [6.45, 7) is 0.704. The number of rotatable bonds is 0. The topological polar surface area (TPSA) is 0 Å².